The number of ether oxygens (including phenoxy) is 1. The van der Waals surface area contributed by atoms with Crippen molar-refractivity contribution in [1.29, 1.82) is 0 Å². The van der Waals surface area contributed by atoms with E-state index < -0.39 is 45.6 Å². The average Bonchev–Trinajstić information content (AvgIpc) is 3.68. The minimum absolute atomic E-state index is 0.0161. The first-order valence-corrected chi connectivity index (χ1v) is 18.0. The number of benzene rings is 2. The van der Waals surface area contributed by atoms with Gasteiger partial charge in [-0.15, -0.1) is 0 Å². The second kappa shape index (κ2) is 15.1. The van der Waals surface area contributed by atoms with E-state index in [1.165, 1.54) is 21.6 Å². The highest BCUT2D eigenvalue weighted by Gasteiger charge is 2.26. The Balaban J connectivity index is 1.35. The summed E-state index contributed by atoms with van der Waals surface area (Å²) in [5.41, 5.74) is 0.284. The third kappa shape index (κ3) is 7.25. The lowest BCUT2D eigenvalue weighted by atomic mass is 10.0. The van der Waals surface area contributed by atoms with Crippen LogP contribution in [0, 0.1) is 11.8 Å². The smallest absolute Gasteiger partial charge is 0.301 e. The lowest BCUT2D eigenvalue weighted by molar-refractivity contribution is 0.101. The largest absolute Gasteiger partial charge is 0.506 e. The first-order valence-electron chi connectivity index (χ1n) is 18.0. The molecule has 1 saturated heterocycles. The molecule has 2 amide bonds. The van der Waals surface area contributed by atoms with E-state index in [-0.39, 0.29) is 35.6 Å². The van der Waals surface area contributed by atoms with Crippen LogP contribution in [-0.4, -0.2) is 67.4 Å². The Hall–Kier alpha value is -6.48. The van der Waals surface area contributed by atoms with Crippen molar-refractivity contribution < 1.29 is 29.0 Å². The molecule has 0 aliphatic carbocycles. The number of aromatic hydroxyl groups is 2. The highest BCUT2D eigenvalue weighted by atomic mass is 16.5. The van der Waals surface area contributed by atoms with Crippen molar-refractivity contribution in [3.63, 3.8) is 0 Å². The van der Waals surface area contributed by atoms with Crippen LogP contribution < -0.4 is 26.7 Å². The SMILES string of the molecule is CC(C)Cn1c(=O)c(C(=O)Nc2cc(N3CCOCC3)cc(-c3ccc4c(c3)c(O)c(C(=O)Nc3ncco3)c(=O)n4CC(C)C)n2)c(O)c2ccccc21. The van der Waals surface area contributed by atoms with Crippen LogP contribution in [0.2, 0.25) is 0 Å². The zero-order valence-corrected chi connectivity index (χ0v) is 30.8. The van der Waals surface area contributed by atoms with Crippen LogP contribution >= 0.6 is 0 Å². The van der Waals surface area contributed by atoms with E-state index in [0.717, 1.165) is 0 Å². The molecule has 1 fully saturated rings. The molecule has 7 rings (SSSR count). The standard InChI is InChI=1S/C40H41N7O8/c1-22(2)20-46-29-8-6-5-7-26(29)34(48)32(38(46)52)36(50)43-31-19-25(45-12-15-54-16-13-45)18-28(42-31)24-9-10-30-27(17-24)35(49)33(39(53)47(30)21-23(3)4)37(51)44-40-41-11-14-55-40/h5-11,14,17-19,22-23,48-49H,12-13,15-16,20-21H2,1-4H3,(H,41,44,51)(H,42,43,50). The third-order valence-corrected chi connectivity index (χ3v) is 9.31. The van der Waals surface area contributed by atoms with Gasteiger partial charge in [0, 0.05) is 54.3 Å². The van der Waals surface area contributed by atoms with Gasteiger partial charge in [0.2, 0.25) is 0 Å². The summed E-state index contributed by atoms with van der Waals surface area (Å²) in [6.45, 7) is 10.5. The molecule has 0 bridgehead atoms. The summed E-state index contributed by atoms with van der Waals surface area (Å²) in [6.07, 6.45) is 2.60. The molecule has 1 aliphatic heterocycles. The Labute approximate surface area is 314 Å². The van der Waals surface area contributed by atoms with E-state index in [4.69, 9.17) is 14.1 Å². The van der Waals surface area contributed by atoms with E-state index in [1.54, 1.807) is 48.5 Å². The topological polar surface area (TPSA) is 194 Å². The van der Waals surface area contributed by atoms with E-state index in [0.29, 0.717) is 66.2 Å². The number of nitrogens with one attached hydrogen (secondary N) is 2. The molecule has 1 aliphatic rings. The number of carbonyl (C=O) groups is 2. The normalized spacial score (nSPS) is 13.2. The number of nitrogens with zero attached hydrogens (tertiary/aromatic N) is 5. The second-order valence-electron chi connectivity index (χ2n) is 14.3. The zero-order valence-electron chi connectivity index (χ0n) is 30.8. The molecule has 0 spiro atoms. The number of hydrogen-bond acceptors (Lipinski definition) is 11. The summed E-state index contributed by atoms with van der Waals surface area (Å²) in [5.74, 6) is -2.49. The van der Waals surface area contributed by atoms with Crippen LogP contribution in [0.3, 0.4) is 0 Å². The van der Waals surface area contributed by atoms with Gasteiger partial charge < -0.3 is 38.7 Å². The Kier molecular flexibility index (Phi) is 10.1. The maximum Gasteiger partial charge on any atom is 0.301 e. The summed E-state index contributed by atoms with van der Waals surface area (Å²) in [6, 6.07) is 15.3. The number of carbonyl (C=O) groups excluding carboxylic acids is 2. The van der Waals surface area contributed by atoms with Gasteiger partial charge in [-0.1, -0.05) is 45.9 Å². The van der Waals surface area contributed by atoms with E-state index >= 15 is 0 Å². The lowest BCUT2D eigenvalue weighted by Gasteiger charge is -2.29. The van der Waals surface area contributed by atoms with E-state index in [9.17, 15) is 29.4 Å². The van der Waals surface area contributed by atoms with Crippen molar-refractivity contribution in [2.75, 3.05) is 41.8 Å². The van der Waals surface area contributed by atoms with E-state index in [2.05, 4.69) is 20.5 Å². The highest BCUT2D eigenvalue weighted by Crippen LogP contribution is 2.34. The number of fused-ring (bicyclic) bond motifs is 2. The molecule has 0 unspecified atom stereocenters. The predicted molar refractivity (Wildman–Crippen MR) is 208 cm³/mol. The quantitative estimate of drug-likeness (QED) is 0.140. The third-order valence-electron chi connectivity index (χ3n) is 9.31. The zero-order chi connectivity index (χ0) is 39.0. The number of anilines is 3. The molecular formula is C40H41N7O8. The van der Waals surface area contributed by atoms with Crippen molar-refractivity contribution in [3.8, 4) is 22.8 Å². The number of oxazole rings is 1. The van der Waals surface area contributed by atoms with Gasteiger partial charge in [0.1, 0.15) is 34.7 Å². The van der Waals surface area contributed by atoms with Crippen LogP contribution in [0.4, 0.5) is 17.5 Å². The van der Waals surface area contributed by atoms with Gasteiger partial charge in [0.25, 0.3) is 22.9 Å². The molecule has 0 radical (unpaired) electrons. The van der Waals surface area contributed by atoms with Crippen LogP contribution in [-0.2, 0) is 17.8 Å². The molecule has 15 heteroatoms. The van der Waals surface area contributed by atoms with E-state index in [1.807, 2.05) is 33.8 Å². The molecule has 15 nitrogen and oxygen atoms in total. The number of aromatic nitrogens is 4. The number of amides is 2. The second-order valence-corrected chi connectivity index (χ2v) is 14.3. The summed E-state index contributed by atoms with van der Waals surface area (Å²) in [4.78, 5) is 65.6. The van der Waals surface area contributed by atoms with Gasteiger partial charge in [-0.3, -0.25) is 24.5 Å². The Morgan fingerprint density at radius 3 is 2.05 bits per heavy atom. The molecule has 284 valence electrons. The van der Waals surface area contributed by atoms with Gasteiger partial charge in [-0.05, 0) is 42.2 Å². The van der Waals surface area contributed by atoms with Gasteiger partial charge in [0.05, 0.1) is 36.1 Å². The average molecular weight is 748 g/mol. The summed E-state index contributed by atoms with van der Waals surface area (Å²) < 4.78 is 13.6. The Bertz CT molecular complexity index is 2550. The number of pyridine rings is 3. The fourth-order valence-electron chi connectivity index (χ4n) is 6.85. The first kappa shape index (κ1) is 36.9. The van der Waals surface area contributed by atoms with Gasteiger partial charge in [-0.2, -0.15) is 0 Å². The van der Waals surface area contributed by atoms with Crippen LogP contribution in [0.1, 0.15) is 48.4 Å². The molecule has 5 heterocycles. The Morgan fingerprint density at radius 1 is 0.800 bits per heavy atom. The van der Waals surface area contributed by atoms with Crippen LogP contribution in [0.5, 0.6) is 11.5 Å². The monoisotopic (exact) mass is 747 g/mol. The summed E-state index contributed by atoms with van der Waals surface area (Å²) in [5, 5.41) is 28.6. The molecular weight excluding hydrogens is 706 g/mol. The molecule has 0 atom stereocenters. The van der Waals surface area contributed by atoms with Crippen molar-refractivity contribution in [2.45, 2.75) is 40.8 Å². The van der Waals surface area contributed by atoms with Gasteiger partial charge in [-0.25, -0.2) is 9.97 Å². The fourth-order valence-corrected chi connectivity index (χ4v) is 6.85. The number of para-hydroxylation sites is 1. The maximum absolute atomic E-state index is 14.0. The molecule has 4 N–H and O–H groups in total. The molecule has 2 aromatic carbocycles. The number of morpholine rings is 1. The summed E-state index contributed by atoms with van der Waals surface area (Å²) in [7, 11) is 0. The van der Waals surface area contributed by atoms with Crippen LogP contribution in [0.25, 0.3) is 33.1 Å². The molecule has 4 aromatic heterocycles. The first-order chi connectivity index (χ1) is 26.4. The molecule has 6 aromatic rings. The van der Waals surface area contributed by atoms with Crippen LogP contribution in [0.15, 0.2) is 81.1 Å². The maximum atomic E-state index is 14.0. The lowest BCUT2D eigenvalue weighted by Crippen LogP contribution is -2.36. The highest BCUT2D eigenvalue weighted by molar-refractivity contribution is 6.10. The molecule has 55 heavy (non-hydrogen) atoms. The van der Waals surface area contributed by atoms with Crippen molar-refractivity contribution in [2.24, 2.45) is 11.8 Å². The van der Waals surface area contributed by atoms with Gasteiger partial charge in [0.15, 0.2) is 0 Å². The fraction of sp³-hybridized carbons (Fsp3) is 0.300. The number of hydrogen-bond donors (Lipinski definition) is 4. The van der Waals surface area contributed by atoms with Crippen molar-refractivity contribution >= 4 is 51.1 Å². The summed E-state index contributed by atoms with van der Waals surface area (Å²) >= 11 is 0. The molecule has 0 saturated carbocycles. The minimum Gasteiger partial charge on any atom is -0.506 e. The van der Waals surface area contributed by atoms with Crippen molar-refractivity contribution in [1.82, 2.24) is 19.1 Å². The number of rotatable bonds is 10. The van der Waals surface area contributed by atoms with Crippen molar-refractivity contribution in [3.05, 3.63) is 98.9 Å². The predicted octanol–water partition coefficient (Wildman–Crippen LogP) is 5.43. The van der Waals surface area contributed by atoms with Gasteiger partial charge >= 0.3 is 6.01 Å². The Morgan fingerprint density at radius 2 is 1.42 bits per heavy atom. The minimum atomic E-state index is -0.892.